The largest absolute Gasteiger partial charge is 0.435 e. The van der Waals surface area contributed by atoms with Crippen LogP contribution in [0.3, 0.4) is 0 Å². The van der Waals surface area contributed by atoms with Gasteiger partial charge in [0.25, 0.3) is 0 Å². The van der Waals surface area contributed by atoms with Crippen molar-refractivity contribution in [2.45, 2.75) is 53.6 Å². The fourth-order valence-corrected chi connectivity index (χ4v) is 3.36. The average molecular weight is 513 g/mol. The van der Waals surface area contributed by atoms with E-state index in [-0.39, 0.29) is 5.75 Å². The Bertz CT molecular complexity index is 1090. The maximum Gasteiger partial charge on any atom is 0.387 e. The SMILES string of the molecule is CNCC1CC1.C\C=C(/C=N\C(Nc1ccc(C)c(NC=O)c1)=C(/C)CC)c1ccc(OC(F)F)cc1. The molecule has 8 heteroatoms. The van der Waals surface area contributed by atoms with Crippen LogP contribution in [0, 0.1) is 12.8 Å². The van der Waals surface area contributed by atoms with Gasteiger partial charge in [0.15, 0.2) is 0 Å². The second kappa shape index (κ2) is 15.6. The van der Waals surface area contributed by atoms with Gasteiger partial charge in [0.2, 0.25) is 6.41 Å². The lowest BCUT2D eigenvalue weighted by molar-refractivity contribution is -0.105. The molecule has 200 valence electrons. The molecule has 2 aromatic rings. The van der Waals surface area contributed by atoms with E-state index in [0.717, 1.165) is 46.0 Å². The zero-order valence-corrected chi connectivity index (χ0v) is 22.3. The number of benzene rings is 2. The number of hydrogen-bond acceptors (Lipinski definition) is 5. The van der Waals surface area contributed by atoms with Crippen LogP contribution in [0.5, 0.6) is 5.75 Å². The summed E-state index contributed by atoms with van der Waals surface area (Å²) in [6.45, 7) is 6.21. The third kappa shape index (κ3) is 10.6. The van der Waals surface area contributed by atoms with Crippen molar-refractivity contribution >= 4 is 29.6 Å². The first-order chi connectivity index (χ1) is 17.8. The van der Waals surface area contributed by atoms with Crippen LogP contribution < -0.4 is 20.7 Å². The van der Waals surface area contributed by atoms with Gasteiger partial charge in [-0.2, -0.15) is 8.78 Å². The summed E-state index contributed by atoms with van der Waals surface area (Å²) in [6, 6.07) is 12.1. The van der Waals surface area contributed by atoms with Crippen molar-refractivity contribution in [3.8, 4) is 5.75 Å². The fourth-order valence-electron chi connectivity index (χ4n) is 3.36. The van der Waals surface area contributed by atoms with E-state index < -0.39 is 6.61 Å². The minimum Gasteiger partial charge on any atom is -0.435 e. The first-order valence-corrected chi connectivity index (χ1v) is 12.5. The molecule has 1 aliphatic carbocycles. The molecule has 1 saturated carbocycles. The monoisotopic (exact) mass is 512 g/mol. The summed E-state index contributed by atoms with van der Waals surface area (Å²) in [5, 5.41) is 9.13. The second-order valence-corrected chi connectivity index (χ2v) is 8.81. The second-order valence-electron chi connectivity index (χ2n) is 8.81. The topological polar surface area (TPSA) is 74.8 Å². The Balaban J connectivity index is 0.000000700. The number of allylic oxidation sites excluding steroid dienone is 3. The molecule has 1 aliphatic rings. The maximum absolute atomic E-state index is 12.3. The van der Waals surface area contributed by atoms with Gasteiger partial charge in [0.1, 0.15) is 11.6 Å². The molecule has 0 spiro atoms. The van der Waals surface area contributed by atoms with Crippen molar-refractivity contribution in [1.29, 1.82) is 0 Å². The van der Waals surface area contributed by atoms with E-state index >= 15 is 0 Å². The molecule has 0 heterocycles. The number of carbonyl (C=O) groups excluding carboxylic acids is 1. The number of rotatable bonds is 12. The van der Waals surface area contributed by atoms with Gasteiger partial charge in [-0.25, -0.2) is 4.99 Å². The van der Waals surface area contributed by atoms with Crippen molar-refractivity contribution in [1.82, 2.24) is 5.32 Å². The van der Waals surface area contributed by atoms with Crippen LogP contribution in [0.15, 0.2) is 64.9 Å². The van der Waals surface area contributed by atoms with E-state index in [2.05, 4.69) is 25.7 Å². The quantitative estimate of drug-likeness (QED) is 0.211. The van der Waals surface area contributed by atoms with E-state index in [9.17, 15) is 13.6 Å². The number of nitrogens with zero attached hydrogens (tertiary/aromatic N) is 1. The molecule has 1 amide bonds. The summed E-state index contributed by atoms with van der Waals surface area (Å²) in [5.41, 5.74) is 5.18. The van der Waals surface area contributed by atoms with Gasteiger partial charge in [0, 0.05) is 17.6 Å². The highest BCUT2D eigenvalue weighted by Gasteiger charge is 2.19. The number of amides is 1. The zero-order valence-electron chi connectivity index (χ0n) is 22.3. The molecule has 3 N–H and O–H groups in total. The van der Waals surface area contributed by atoms with Gasteiger partial charge in [0.05, 0.1) is 0 Å². The predicted octanol–water partition coefficient (Wildman–Crippen LogP) is 7.01. The summed E-state index contributed by atoms with van der Waals surface area (Å²) in [6.07, 6.45) is 7.98. The highest BCUT2D eigenvalue weighted by atomic mass is 19.3. The van der Waals surface area contributed by atoms with Crippen molar-refractivity contribution in [3.63, 3.8) is 0 Å². The normalized spacial score (nSPS) is 14.1. The standard InChI is InChI=1S/C24H27F2N3O2.C5H11N/c1-5-16(3)23(29-20-10-7-17(4)22(13-20)28-15-30)27-14-18(6-2)19-8-11-21(12-9-19)31-24(25)26;1-6-4-5-2-3-5/h6-15,24,29H,5H2,1-4H3,(H,28,30);5-6H,2-4H2,1H3/b18-6+,23-16-,27-14-;. The molecule has 0 bridgehead atoms. The number of nitrogens with one attached hydrogen (secondary N) is 3. The van der Waals surface area contributed by atoms with Crippen molar-refractivity contribution in [2.75, 3.05) is 24.2 Å². The van der Waals surface area contributed by atoms with Gasteiger partial charge >= 0.3 is 6.61 Å². The predicted molar refractivity (Wildman–Crippen MR) is 149 cm³/mol. The van der Waals surface area contributed by atoms with Crippen LogP contribution in [0.25, 0.3) is 5.57 Å². The average Bonchev–Trinajstić information content (AvgIpc) is 3.70. The lowest BCUT2D eigenvalue weighted by Gasteiger charge is -2.13. The van der Waals surface area contributed by atoms with Crippen LogP contribution >= 0.6 is 0 Å². The highest BCUT2D eigenvalue weighted by Crippen LogP contribution is 2.27. The molecule has 0 saturated heterocycles. The number of anilines is 2. The van der Waals surface area contributed by atoms with Crippen molar-refractivity contribution in [2.24, 2.45) is 10.9 Å². The fraction of sp³-hybridized carbons (Fsp3) is 0.379. The molecule has 6 nitrogen and oxygen atoms in total. The third-order valence-corrected chi connectivity index (χ3v) is 5.90. The van der Waals surface area contributed by atoms with E-state index in [4.69, 9.17) is 0 Å². The van der Waals surface area contributed by atoms with Crippen molar-refractivity contribution < 1.29 is 18.3 Å². The molecule has 0 unspecified atom stereocenters. The number of ether oxygens (including phenoxy) is 1. The number of hydrogen-bond donors (Lipinski definition) is 3. The summed E-state index contributed by atoms with van der Waals surface area (Å²) < 4.78 is 29.1. The Morgan fingerprint density at radius 1 is 1.19 bits per heavy atom. The number of aryl methyl sites for hydroxylation is 1. The molecule has 0 atom stereocenters. The smallest absolute Gasteiger partial charge is 0.387 e. The lowest BCUT2D eigenvalue weighted by atomic mass is 10.1. The van der Waals surface area contributed by atoms with Gasteiger partial charge in [-0.05, 0) is 106 Å². The summed E-state index contributed by atoms with van der Waals surface area (Å²) >= 11 is 0. The van der Waals surface area contributed by atoms with Gasteiger partial charge in [-0.3, -0.25) is 4.79 Å². The molecule has 37 heavy (non-hydrogen) atoms. The molecule has 3 rings (SSSR count). The molecule has 0 aromatic heterocycles. The first kappa shape index (κ1) is 29.7. The molecular formula is C29H38F2N4O2. The Labute approximate surface area is 218 Å². The first-order valence-electron chi connectivity index (χ1n) is 12.5. The van der Waals surface area contributed by atoms with E-state index in [1.807, 2.05) is 59.0 Å². The Hall–Kier alpha value is -3.52. The Morgan fingerprint density at radius 2 is 1.89 bits per heavy atom. The van der Waals surface area contributed by atoms with Crippen LogP contribution in [-0.2, 0) is 4.79 Å². The zero-order chi connectivity index (χ0) is 27.2. The minimum absolute atomic E-state index is 0.106. The summed E-state index contributed by atoms with van der Waals surface area (Å²) in [5.74, 6) is 1.84. The number of halogens is 2. The third-order valence-electron chi connectivity index (χ3n) is 5.90. The number of alkyl halides is 2. The lowest BCUT2D eigenvalue weighted by Crippen LogP contribution is -2.08. The van der Waals surface area contributed by atoms with Gasteiger partial charge < -0.3 is 20.7 Å². The van der Waals surface area contributed by atoms with E-state index in [0.29, 0.717) is 12.2 Å². The van der Waals surface area contributed by atoms with Crippen LogP contribution in [0.1, 0.15) is 51.2 Å². The molecule has 0 radical (unpaired) electrons. The number of carbonyl (C=O) groups is 1. The maximum atomic E-state index is 12.3. The summed E-state index contributed by atoms with van der Waals surface area (Å²) in [4.78, 5) is 15.5. The van der Waals surface area contributed by atoms with Gasteiger partial charge in [-0.15, -0.1) is 0 Å². The molecule has 2 aromatic carbocycles. The van der Waals surface area contributed by atoms with Crippen LogP contribution in [-0.4, -0.2) is 32.8 Å². The highest BCUT2D eigenvalue weighted by molar-refractivity contribution is 6.10. The van der Waals surface area contributed by atoms with Crippen molar-refractivity contribution in [3.05, 3.63) is 71.1 Å². The van der Waals surface area contributed by atoms with E-state index in [1.54, 1.807) is 18.3 Å². The number of aliphatic imine (C=N–C) groups is 1. The van der Waals surface area contributed by atoms with Crippen LogP contribution in [0.4, 0.5) is 20.2 Å². The minimum atomic E-state index is -2.85. The van der Waals surface area contributed by atoms with Gasteiger partial charge in [-0.1, -0.05) is 31.2 Å². The molecular weight excluding hydrogens is 474 g/mol. The molecule has 1 fully saturated rings. The van der Waals surface area contributed by atoms with Crippen LogP contribution in [0.2, 0.25) is 0 Å². The van der Waals surface area contributed by atoms with E-state index in [1.165, 1.54) is 31.5 Å². The Kier molecular flexibility index (Phi) is 12.5. The Morgan fingerprint density at radius 3 is 2.41 bits per heavy atom. The molecule has 0 aliphatic heterocycles. The summed E-state index contributed by atoms with van der Waals surface area (Å²) in [7, 11) is 2.01.